The molecule has 0 spiro atoms. The van der Waals surface area contributed by atoms with E-state index in [0.29, 0.717) is 16.7 Å². The summed E-state index contributed by atoms with van der Waals surface area (Å²) in [6.07, 6.45) is 0. The van der Waals surface area contributed by atoms with Gasteiger partial charge in [0.15, 0.2) is 0 Å². The van der Waals surface area contributed by atoms with Gasteiger partial charge in [-0.1, -0.05) is 56.6 Å². The van der Waals surface area contributed by atoms with Gasteiger partial charge < -0.3 is 4.74 Å². The van der Waals surface area contributed by atoms with Crippen LogP contribution in [0.15, 0.2) is 42.5 Å². The second-order valence-electron chi connectivity index (χ2n) is 2.85. The van der Waals surface area contributed by atoms with Gasteiger partial charge in [0.2, 0.25) is 0 Å². The van der Waals surface area contributed by atoms with Crippen LogP contribution in [-0.4, -0.2) is 16.1 Å². The summed E-state index contributed by atoms with van der Waals surface area (Å²) in [7, 11) is 0. The Morgan fingerprint density at radius 3 is 2.53 bits per heavy atom. The van der Waals surface area contributed by atoms with E-state index in [1.165, 1.54) is 0 Å². The van der Waals surface area contributed by atoms with Crippen LogP contribution in [0, 0.1) is 0 Å². The number of para-hydroxylation sites is 1. The van der Waals surface area contributed by atoms with Crippen molar-refractivity contribution in [1.29, 1.82) is 0 Å². The third kappa shape index (κ3) is 3.80. The molecule has 1 aromatic carbocycles. The summed E-state index contributed by atoms with van der Waals surface area (Å²) in [6.45, 7) is 3.67. The number of benzene rings is 1. The number of esters is 1. The predicted octanol–water partition coefficient (Wildman–Crippen LogP) is 3.31. The summed E-state index contributed by atoms with van der Waals surface area (Å²) >= 11 is 6.56. The number of hydrogen-bond acceptors (Lipinski definition) is 2. The third-order valence-electron chi connectivity index (χ3n) is 1.73. The highest BCUT2D eigenvalue weighted by Crippen LogP contribution is 2.17. The molecule has 15 heavy (non-hydrogen) atoms. The Hall–Kier alpha value is -0.610. The van der Waals surface area contributed by atoms with Crippen LogP contribution in [0.2, 0.25) is 0 Å². The average Bonchev–Trinajstić information content (AvgIpc) is 2.28. The molecule has 0 heterocycles. The Kier molecular flexibility index (Phi) is 5.05. The molecule has 1 unspecified atom stereocenters. The number of carbonyl (C=O) groups excluding carboxylic acids is 1. The number of alkyl halides is 2. The van der Waals surface area contributed by atoms with Crippen LogP contribution < -0.4 is 4.74 Å². The fourth-order valence-corrected chi connectivity index (χ4v) is 1.46. The van der Waals surface area contributed by atoms with Gasteiger partial charge in [-0.25, -0.2) is 4.79 Å². The summed E-state index contributed by atoms with van der Waals surface area (Å²) in [5.41, 5.74) is 0.399. The number of hydrogen-bond donors (Lipinski definition) is 0. The van der Waals surface area contributed by atoms with Crippen molar-refractivity contribution >= 4 is 37.8 Å². The van der Waals surface area contributed by atoms with Crippen molar-refractivity contribution in [2.75, 3.05) is 5.33 Å². The van der Waals surface area contributed by atoms with Gasteiger partial charge in [0.25, 0.3) is 0 Å². The Labute approximate surface area is 106 Å². The van der Waals surface area contributed by atoms with Gasteiger partial charge in [0.1, 0.15) is 5.75 Å². The van der Waals surface area contributed by atoms with E-state index in [9.17, 15) is 4.79 Å². The Morgan fingerprint density at radius 2 is 2.00 bits per heavy atom. The van der Waals surface area contributed by atoms with Gasteiger partial charge >= 0.3 is 5.97 Å². The fraction of sp³-hybridized carbons (Fsp3) is 0.182. The molecule has 0 N–H and O–H groups in total. The second kappa shape index (κ2) is 6.08. The van der Waals surface area contributed by atoms with Gasteiger partial charge in [0, 0.05) is 10.9 Å². The lowest BCUT2D eigenvalue weighted by atomic mass is 10.2. The van der Waals surface area contributed by atoms with Crippen LogP contribution in [0.5, 0.6) is 5.75 Å². The average molecular weight is 334 g/mol. The summed E-state index contributed by atoms with van der Waals surface area (Å²) in [5.74, 6) is 0.112. The standard InChI is InChI=1S/C11H10Br2O2/c1-8(10(13)7-12)11(14)15-9-5-3-2-4-6-9/h2-6,10H,1,7H2. The van der Waals surface area contributed by atoms with Crippen molar-refractivity contribution in [2.24, 2.45) is 0 Å². The van der Waals surface area contributed by atoms with Crippen LogP contribution in [0.25, 0.3) is 0 Å². The molecule has 0 saturated heterocycles. The van der Waals surface area contributed by atoms with Gasteiger partial charge in [-0.3, -0.25) is 0 Å². The first-order valence-corrected chi connectivity index (χ1v) is 6.35. The van der Waals surface area contributed by atoms with Crippen LogP contribution in [0.1, 0.15) is 0 Å². The maximum Gasteiger partial charge on any atom is 0.339 e. The molecule has 0 aromatic heterocycles. The molecule has 2 nitrogen and oxygen atoms in total. The molecule has 1 aromatic rings. The van der Waals surface area contributed by atoms with Gasteiger partial charge in [0.05, 0.1) is 4.83 Å². The van der Waals surface area contributed by atoms with E-state index in [4.69, 9.17) is 4.74 Å². The Bertz CT molecular complexity index is 349. The molecular weight excluding hydrogens is 324 g/mol. The van der Waals surface area contributed by atoms with E-state index in [2.05, 4.69) is 38.4 Å². The summed E-state index contributed by atoms with van der Waals surface area (Å²) in [5, 5.41) is 0.621. The van der Waals surface area contributed by atoms with E-state index in [-0.39, 0.29) is 4.83 Å². The largest absolute Gasteiger partial charge is 0.423 e. The molecule has 0 aliphatic carbocycles. The number of carbonyl (C=O) groups is 1. The zero-order valence-electron chi connectivity index (χ0n) is 7.95. The molecular formula is C11H10Br2O2. The molecule has 1 rings (SSSR count). The first-order valence-electron chi connectivity index (χ1n) is 4.31. The van der Waals surface area contributed by atoms with Crippen LogP contribution >= 0.6 is 31.9 Å². The smallest absolute Gasteiger partial charge is 0.339 e. The molecule has 0 saturated carbocycles. The maximum atomic E-state index is 11.5. The highest BCUT2D eigenvalue weighted by atomic mass is 79.9. The van der Waals surface area contributed by atoms with Crippen molar-refractivity contribution in [2.45, 2.75) is 4.83 Å². The number of ether oxygens (including phenoxy) is 1. The zero-order valence-corrected chi connectivity index (χ0v) is 11.1. The minimum atomic E-state index is -0.414. The monoisotopic (exact) mass is 332 g/mol. The topological polar surface area (TPSA) is 26.3 Å². The highest BCUT2D eigenvalue weighted by molar-refractivity contribution is 9.12. The molecule has 0 aliphatic rings. The van der Waals surface area contributed by atoms with Crippen molar-refractivity contribution in [3.63, 3.8) is 0 Å². The molecule has 0 fully saturated rings. The lowest BCUT2D eigenvalue weighted by molar-refractivity contribution is -0.130. The Balaban J connectivity index is 2.60. The minimum Gasteiger partial charge on any atom is -0.423 e. The predicted molar refractivity (Wildman–Crippen MR) is 67.7 cm³/mol. The number of halogens is 2. The SMILES string of the molecule is C=C(C(=O)Oc1ccccc1)C(Br)CBr. The second-order valence-corrected chi connectivity index (χ2v) is 4.60. The van der Waals surface area contributed by atoms with E-state index < -0.39 is 5.97 Å². The van der Waals surface area contributed by atoms with E-state index in [1.807, 2.05) is 18.2 Å². The van der Waals surface area contributed by atoms with Crippen molar-refractivity contribution in [3.8, 4) is 5.75 Å². The fourth-order valence-electron chi connectivity index (χ4n) is 0.882. The van der Waals surface area contributed by atoms with Crippen molar-refractivity contribution in [3.05, 3.63) is 42.5 Å². The molecule has 80 valence electrons. The number of rotatable bonds is 4. The van der Waals surface area contributed by atoms with E-state index in [0.717, 1.165) is 0 Å². The van der Waals surface area contributed by atoms with Gasteiger partial charge in [-0.15, -0.1) is 0 Å². The quantitative estimate of drug-likeness (QED) is 0.366. The first-order chi connectivity index (χ1) is 7.15. The van der Waals surface area contributed by atoms with Crippen LogP contribution in [0.3, 0.4) is 0 Å². The summed E-state index contributed by atoms with van der Waals surface area (Å²) in [4.78, 5) is 11.4. The lowest BCUT2D eigenvalue weighted by Gasteiger charge is -2.09. The van der Waals surface area contributed by atoms with E-state index in [1.54, 1.807) is 12.1 Å². The van der Waals surface area contributed by atoms with Crippen molar-refractivity contribution < 1.29 is 9.53 Å². The van der Waals surface area contributed by atoms with Gasteiger partial charge in [-0.2, -0.15) is 0 Å². The lowest BCUT2D eigenvalue weighted by Crippen LogP contribution is -2.18. The summed E-state index contributed by atoms with van der Waals surface area (Å²) in [6, 6.07) is 8.92. The van der Waals surface area contributed by atoms with Gasteiger partial charge in [-0.05, 0) is 12.1 Å². The molecule has 0 amide bonds. The molecule has 0 aliphatic heterocycles. The first kappa shape index (κ1) is 12.5. The van der Waals surface area contributed by atoms with E-state index >= 15 is 0 Å². The highest BCUT2D eigenvalue weighted by Gasteiger charge is 2.16. The minimum absolute atomic E-state index is 0.103. The normalized spacial score (nSPS) is 11.9. The van der Waals surface area contributed by atoms with Crippen LogP contribution in [-0.2, 0) is 4.79 Å². The molecule has 4 heteroatoms. The molecule has 0 bridgehead atoms. The van der Waals surface area contributed by atoms with Crippen LogP contribution in [0.4, 0.5) is 0 Å². The molecule has 1 atom stereocenters. The summed E-state index contributed by atoms with van der Waals surface area (Å²) < 4.78 is 5.11. The Morgan fingerprint density at radius 1 is 1.40 bits per heavy atom. The third-order valence-corrected chi connectivity index (χ3v) is 4.12. The zero-order chi connectivity index (χ0) is 11.3. The maximum absolute atomic E-state index is 11.5. The van der Waals surface area contributed by atoms with Crippen molar-refractivity contribution in [1.82, 2.24) is 0 Å². The molecule has 0 radical (unpaired) electrons.